The van der Waals surface area contributed by atoms with E-state index in [9.17, 15) is 4.79 Å². The lowest BCUT2D eigenvalue weighted by Crippen LogP contribution is -2.49. The topological polar surface area (TPSA) is 41.4 Å². The normalized spacial score (nSPS) is 13.8. The summed E-state index contributed by atoms with van der Waals surface area (Å²) in [5.74, 6) is 0.137. The van der Waals surface area contributed by atoms with E-state index in [1.165, 1.54) is 27.9 Å². The van der Waals surface area contributed by atoms with Crippen LogP contribution in [0.1, 0.15) is 22.5 Å². The number of rotatable bonds is 6. The zero-order valence-corrected chi connectivity index (χ0v) is 20.5. The van der Waals surface area contributed by atoms with Crippen LogP contribution < -0.4 is 4.90 Å². The fourth-order valence-electron chi connectivity index (χ4n) is 4.89. The highest BCUT2D eigenvalue weighted by molar-refractivity contribution is 5.80. The van der Waals surface area contributed by atoms with Crippen molar-refractivity contribution in [3.63, 3.8) is 0 Å². The number of aryl methyl sites for hydroxylation is 2. The third kappa shape index (κ3) is 5.29. The first-order valence-electron chi connectivity index (χ1n) is 12.3. The maximum atomic E-state index is 12.9. The molecule has 1 fully saturated rings. The largest absolute Gasteiger partial charge is 0.367 e. The summed E-state index contributed by atoms with van der Waals surface area (Å²) in [5, 5.41) is 4.44. The van der Waals surface area contributed by atoms with Crippen LogP contribution in [0.3, 0.4) is 0 Å². The molecule has 5 rings (SSSR count). The van der Waals surface area contributed by atoms with Crippen molar-refractivity contribution in [3.8, 4) is 11.1 Å². The van der Waals surface area contributed by atoms with Crippen molar-refractivity contribution in [1.82, 2.24) is 14.7 Å². The predicted octanol–water partition coefficient (Wildman–Crippen LogP) is 5.11. The summed E-state index contributed by atoms with van der Waals surface area (Å²) in [6, 6.07) is 30.1. The van der Waals surface area contributed by atoms with Crippen molar-refractivity contribution in [2.24, 2.45) is 0 Å². The molecule has 0 saturated carbocycles. The first-order valence-corrected chi connectivity index (χ1v) is 12.3. The van der Waals surface area contributed by atoms with E-state index in [-0.39, 0.29) is 5.91 Å². The first kappa shape index (κ1) is 22.9. The lowest BCUT2D eigenvalue weighted by atomic mass is 9.98. The van der Waals surface area contributed by atoms with Gasteiger partial charge in [0.2, 0.25) is 5.91 Å². The van der Waals surface area contributed by atoms with Crippen LogP contribution in [0.4, 0.5) is 5.69 Å². The molecule has 1 aromatic heterocycles. The number of carbonyl (C=O) groups excluding carboxylic acids is 1. The number of hydrogen-bond donors (Lipinski definition) is 0. The zero-order chi connectivity index (χ0) is 24.2. The van der Waals surface area contributed by atoms with Gasteiger partial charge >= 0.3 is 0 Å². The maximum absolute atomic E-state index is 12.9. The average Bonchev–Trinajstić information content (AvgIpc) is 3.21. The molecule has 5 nitrogen and oxygen atoms in total. The molecule has 5 heteroatoms. The van der Waals surface area contributed by atoms with Gasteiger partial charge in [-0.2, -0.15) is 5.10 Å². The molecule has 0 unspecified atom stereocenters. The number of aromatic nitrogens is 2. The number of piperazine rings is 1. The summed E-state index contributed by atoms with van der Waals surface area (Å²) < 4.78 is 1.81. The van der Waals surface area contributed by atoms with Crippen molar-refractivity contribution in [2.45, 2.75) is 26.8 Å². The van der Waals surface area contributed by atoms with Crippen LogP contribution >= 0.6 is 0 Å². The molecular formula is C30H32N4O. The van der Waals surface area contributed by atoms with Crippen LogP contribution in [0.5, 0.6) is 0 Å². The molecular weight excluding hydrogens is 432 g/mol. The molecule has 1 aliphatic heterocycles. The minimum absolute atomic E-state index is 0.137. The number of nitrogens with zero attached hydrogens (tertiary/aromatic N) is 4. The molecule has 0 atom stereocenters. The number of benzene rings is 3. The molecule has 3 aromatic carbocycles. The van der Waals surface area contributed by atoms with E-state index in [1.54, 1.807) is 4.68 Å². The number of amides is 1. The second kappa shape index (κ2) is 10.2. The van der Waals surface area contributed by atoms with Crippen LogP contribution in [0.15, 0.2) is 84.9 Å². The van der Waals surface area contributed by atoms with Crippen molar-refractivity contribution < 1.29 is 4.79 Å². The first-order chi connectivity index (χ1) is 17.1. The van der Waals surface area contributed by atoms with Crippen LogP contribution in [-0.4, -0.2) is 46.8 Å². The molecule has 0 radical (unpaired) electrons. The highest BCUT2D eigenvalue weighted by atomic mass is 16.2. The van der Waals surface area contributed by atoms with E-state index in [2.05, 4.69) is 88.9 Å². The van der Waals surface area contributed by atoms with Gasteiger partial charge in [0.15, 0.2) is 0 Å². The van der Waals surface area contributed by atoms with Gasteiger partial charge in [-0.1, -0.05) is 72.8 Å². The fourth-order valence-corrected chi connectivity index (χ4v) is 4.89. The monoisotopic (exact) mass is 464 g/mol. The summed E-state index contributed by atoms with van der Waals surface area (Å²) in [4.78, 5) is 17.2. The predicted molar refractivity (Wildman–Crippen MR) is 142 cm³/mol. The van der Waals surface area contributed by atoms with Gasteiger partial charge in [-0.05, 0) is 49.1 Å². The van der Waals surface area contributed by atoms with Crippen LogP contribution in [0, 0.1) is 13.8 Å². The minimum Gasteiger partial charge on any atom is -0.367 e. The quantitative estimate of drug-likeness (QED) is 0.398. The highest BCUT2D eigenvalue weighted by Crippen LogP contribution is 2.32. The van der Waals surface area contributed by atoms with E-state index < -0.39 is 0 Å². The van der Waals surface area contributed by atoms with Gasteiger partial charge in [-0.25, -0.2) is 0 Å². The molecule has 1 aliphatic rings. The highest BCUT2D eigenvalue weighted by Gasteiger charge is 2.23. The fraction of sp³-hybridized carbons (Fsp3) is 0.267. The Labute approximate surface area is 207 Å². The average molecular weight is 465 g/mol. The van der Waals surface area contributed by atoms with Crippen molar-refractivity contribution in [2.75, 3.05) is 31.1 Å². The Kier molecular flexibility index (Phi) is 6.66. The Hall–Kier alpha value is -3.86. The molecule has 0 bridgehead atoms. The lowest BCUT2D eigenvalue weighted by Gasteiger charge is -2.37. The van der Waals surface area contributed by atoms with Crippen molar-refractivity contribution in [3.05, 3.63) is 107 Å². The van der Waals surface area contributed by atoms with E-state index >= 15 is 0 Å². The van der Waals surface area contributed by atoms with Crippen LogP contribution in [0.25, 0.3) is 11.1 Å². The number of anilines is 1. The summed E-state index contributed by atoms with van der Waals surface area (Å²) in [5.41, 5.74) is 8.30. The smallest absolute Gasteiger partial charge is 0.244 e. The molecule has 0 aliphatic carbocycles. The van der Waals surface area contributed by atoms with E-state index in [0.29, 0.717) is 6.54 Å². The van der Waals surface area contributed by atoms with Gasteiger partial charge in [0.1, 0.15) is 6.54 Å². The van der Waals surface area contributed by atoms with Gasteiger partial charge in [0.05, 0.1) is 5.69 Å². The molecule has 0 N–H and O–H groups in total. The SMILES string of the molecule is Cc1cc(C)n(CC(=O)N2CCN(c3ccccc3-c3ccc(Cc4ccccc4)cc3)CC2)n1. The van der Waals surface area contributed by atoms with Gasteiger partial charge in [0, 0.05) is 43.1 Å². The number of hydrogen-bond acceptors (Lipinski definition) is 3. The Balaban J connectivity index is 1.25. The summed E-state index contributed by atoms with van der Waals surface area (Å²) in [6.45, 7) is 7.37. The molecule has 1 amide bonds. The third-order valence-corrected chi connectivity index (χ3v) is 6.78. The summed E-state index contributed by atoms with van der Waals surface area (Å²) >= 11 is 0. The van der Waals surface area contributed by atoms with E-state index in [1.807, 2.05) is 24.8 Å². The van der Waals surface area contributed by atoms with Gasteiger partial charge < -0.3 is 9.80 Å². The van der Waals surface area contributed by atoms with Gasteiger partial charge in [0.25, 0.3) is 0 Å². The molecule has 4 aromatic rings. The number of carbonyl (C=O) groups is 1. The van der Waals surface area contributed by atoms with Gasteiger partial charge in [-0.15, -0.1) is 0 Å². The zero-order valence-electron chi connectivity index (χ0n) is 20.5. The molecule has 2 heterocycles. The molecule has 0 spiro atoms. The van der Waals surface area contributed by atoms with Crippen molar-refractivity contribution >= 4 is 11.6 Å². The van der Waals surface area contributed by atoms with Crippen LogP contribution in [-0.2, 0) is 17.8 Å². The lowest BCUT2D eigenvalue weighted by molar-refractivity contribution is -0.132. The van der Waals surface area contributed by atoms with Crippen LogP contribution in [0.2, 0.25) is 0 Å². The Morgan fingerprint density at radius 2 is 1.46 bits per heavy atom. The second-order valence-electron chi connectivity index (χ2n) is 9.33. The number of para-hydroxylation sites is 1. The van der Waals surface area contributed by atoms with Gasteiger partial charge in [-0.3, -0.25) is 9.48 Å². The molecule has 1 saturated heterocycles. The standard InChI is InChI=1S/C30H32N4O/c1-23-20-24(2)34(31-23)22-30(35)33-18-16-32(17-19-33)29-11-7-6-10-28(29)27-14-12-26(13-15-27)21-25-8-4-3-5-9-25/h3-15,20H,16-19,21-22H2,1-2H3. The Morgan fingerprint density at radius 3 is 2.14 bits per heavy atom. The maximum Gasteiger partial charge on any atom is 0.244 e. The molecule has 178 valence electrons. The minimum atomic E-state index is 0.137. The molecule has 35 heavy (non-hydrogen) atoms. The van der Waals surface area contributed by atoms with Crippen molar-refractivity contribution in [1.29, 1.82) is 0 Å². The summed E-state index contributed by atoms with van der Waals surface area (Å²) in [6.07, 6.45) is 0.941. The Bertz CT molecular complexity index is 1290. The summed E-state index contributed by atoms with van der Waals surface area (Å²) in [7, 11) is 0. The van der Waals surface area contributed by atoms with E-state index in [0.717, 1.165) is 44.0 Å². The third-order valence-electron chi connectivity index (χ3n) is 6.78. The Morgan fingerprint density at radius 1 is 0.800 bits per heavy atom. The second-order valence-corrected chi connectivity index (χ2v) is 9.33. The van der Waals surface area contributed by atoms with E-state index in [4.69, 9.17) is 0 Å².